The summed E-state index contributed by atoms with van der Waals surface area (Å²) in [5.74, 6) is 0.428. The molecule has 0 saturated carbocycles. The monoisotopic (exact) mass is 362 g/mol. The fourth-order valence-electron chi connectivity index (χ4n) is 3.09. The van der Waals surface area contributed by atoms with Gasteiger partial charge in [0, 0.05) is 65.5 Å². The number of ether oxygens (including phenoxy) is 1. The van der Waals surface area contributed by atoms with Gasteiger partial charge in [0.1, 0.15) is 5.69 Å². The fraction of sp³-hybridized carbons (Fsp3) is 0.647. The topological polar surface area (TPSA) is 90.9 Å². The van der Waals surface area contributed by atoms with Gasteiger partial charge in [-0.05, 0) is 6.07 Å². The summed E-state index contributed by atoms with van der Waals surface area (Å²) in [7, 11) is 0. The summed E-state index contributed by atoms with van der Waals surface area (Å²) in [5, 5.41) is 2.92. The van der Waals surface area contributed by atoms with Crippen molar-refractivity contribution in [3.05, 3.63) is 18.0 Å². The van der Waals surface area contributed by atoms with Crippen molar-refractivity contribution in [2.75, 3.05) is 70.5 Å². The number of hydrogen-bond donors (Lipinski definition) is 1. The van der Waals surface area contributed by atoms with Crippen LogP contribution < -0.4 is 10.2 Å². The Labute approximate surface area is 153 Å². The SMILES string of the molecule is CC(=O)N1CCN(c2nccc(C(=O)NCCN3CCOCC3)n2)CC1. The molecule has 142 valence electrons. The maximum Gasteiger partial charge on any atom is 0.270 e. The Morgan fingerprint density at radius 2 is 1.88 bits per heavy atom. The molecule has 9 heteroatoms. The molecule has 2 aliphatic rings. The second-order valence-electron chi connectivity index (χ2n) is 6.44. The number of morpholine rings is 1. The van der Waals surface area contributed by atoms with Gasteiger partial charge in [0.15, 0.2) is 0 Å². The lowest BCUT2D eigenvalue weighted by Crippen LogP contribution is -2.48. The highest BCUT2D eigenvalue weighted by molar-refractivity contribution is 5.92. The Balaban J connectivity index is 1.50. The van der Waals surface area contributed by atoms with Gasteiger partial charge in [-0.3, -0.25) is 14.5 Å². The van der Waals surface area contributed by atoms with Crippen LogP contribution in [-0.2, 0) is 9.53 Å². The van der Waals surface area contributed by atoms with Crippen molar-refractivity contribution < 1.29 is 14.3 Å². The van der Waals surface area contributed by atoms with Gasteiger partial charge in [-0.25, -0.2) is 9.97 Å². The van der Waals surface area contributed by atoms with Gasteiger partial charge in [0.2, 0.25) is 11.9 Å². The van der Waals surface area contributed by atoms with E-state index in [1.165, 1.54) is 0 Å². The van der Waals surface area contributed by atoms with Crippen molar-refractivity contribution in [2.45, 2.75) is 6.92 Å². The van der Waals surface area contributed by atoms with Crippen LogP contribution in [-0.4, -0.2) is 97.2 Å². The van der Waals surface area contributed by atoms with E-state index in [4.69, 9.17) is 4.74 Å². The summed E-state index contributed by atoms with van der Waals surface area (Å²) in [6.45, 7) is 8.90. The molecule has 1 aromatic heterocycles. The van der Waals surface area contributed by atoms with Gasteiger partial charge in [-0.1, -0.05) is 0 Å². The summed E-state index contributed by atoms with van der Waals surface area (Å²) in [6.07, 6.45) is 1.61. The minimum absolute atomic E-state index is 0.0824. The number of carbonyl (C=O) groups is 2. The maximum absolute atomic E-state index is 12.3. The van der Waals surface area contributed by atoms with Gasteiger partial charge in [-0.2, -0.15) is 0 Å². The Morgan fingerprint density at radius 3 is 2.58 bits per heavy atom. The second kappa shape index (κ2) is 8.91. The normalized spacial score (nSPS) is 18.7. The lowest BCUT2D eigenvalue weighted by atomic mass is 10.3. The quantitative estimate of drug-likeness (QED) is 0.734. The highest BCUT2D eigenvalue weighted by Gasteiger charge is 2.21. The highest BCUT2D eigenvalue weighted by atomic mass is 16.5. The van der Waals surface area contributed by atoms with Crippen LogP contribution >= 0.6 is 0 Å². The number of nitrogens with one attached hydrogen (secondary N) is 1. The molecule has 1 N–H and O–H groups in total. The van der Waals surface area contributed by atoms with E-state index in [0.717, 1.165) is 32.8 Å². The predicted molar refractivity (Wildman–Crippen MR) is 96.1 cm³/mol. The second-order valence-corrected chi connectivity index (χ2v) is 6.44. The van der Waals surface area contributed by atoms with Crippen molar-refractivity contribution >= 4 is 17.8 Å². The molecule has 2 amide bonds. The molecule has 2 fully saturated rings. The van der Waals surface area contributed by atoms with E-state index in [9.17, 15) is 9.59 Å². The van der Waals surface area contributed by atoms with Crippen LogP contribution in [0.2, 0.25) is 0 Å². The molecule has 2 aliphatic heterocycles. The minimum atomic E-state index is -0.190. The first kappa shape index (κ1) is 18.5. The van der Waals surface area contributed by atoms with Crippen molar-refractivity contribution in [2.24, 2.45) is 0 Å². The van der Waals surface area contributed by atoms with E-state index in [1.807, 2.05) is 4.90 Å². The largest absolute Gasteiger partial charge is 0.379 e. The summed E-state index contributed by atoms with van der Waals surface area (Å²) >= 11 is 0. The number of rotatable bonds is 5. The number of hydrogen-bond acceptors (Lipinski definition) is 7. The molecule has 3 heterocycles. The van der Waals surface area contributed by atoms with Gasteiger partial charge < -0.3 is 19.9 Å². The third-order valence-electron chi connectivity index (χ3n) is 4.70. The van der Waals surface area contributed by atoms with Crippen molar-refractivity contribution in [1.82, 2.24) is 25.1 Å². The zero-order valence-corrected chi connectivity index (χ0v) is 15.2. The number of carbonyl (C=O) groups excluding carboxylic acids is 2. The van der Waals surface area contributed by atoms with Crippen LogP contribution in [0.3, 0.4) is 0 Å². The zero-order valence-electron chi connectivity index (χ0n) is 15.2. The maximum atomic E-state index is 12.3. The molecule has 0 atom stereocenters. The third kappa shape index (κ3) is 4.89. The van der Waals surface area contributed by atoms with E-state index in [1.54, 1.807) is 24.1 Å². The predicted octanol–water partition coefficient (Wildman–Crippen LogP) is -0.793. The summed E-state index contributed by atoms with van der Waals surface area (Å²) < 4.78 is 5.31. The van der Waals surface area contributed by atoms with E-state index in [-0.39, 0.29) is 11.8 Å². The van der Waals surface area contributed by atoms with Crippen LogP contribution in [0.4, 0.5) is 5.95 Å². The van der Waals surface area contributed by atoms with E-state index in [0.29, 0.717) is 44.4 Å². The smallest absolute Gasteiger partial charge is 0.270 e. The molecule has 0 unspecified atom stereocenters. The Morgan fingerprint density at radius 1 is 1.15 bits per heavy atom. The number of amides is 2. The van der Waals surface area contributed by atoms with Gasteiger partial charge in [-0.15, -0.1) is 0 Å². The first-order chi connectivity index (χ1) is 12.6. The minimum Gasteiger partial charge on any atom is -0.379 e. The molecule has 0 spiro atoms. The average Bonchev–Trinajstić information content (AvgIpc) is 2.69. The highest BCUT2D eigenvalue weighted by Crippen LogP contribution is 2.11. The number of nitrogens with zero attached hydrogens (tertiary/aromatic N) is 5. The summed E-state index contributed by atoms with van der Waals surface area (Å²) in [6, 6.07) is 1.62. The third-order valence-corrected chi connectivity index (χ3v) is 4.70. The summed E-state index contributed by atoms with van der Waals surface area (Å²) in [5.41, 5.74) is 0.367. The van der Waals surface area contributed by atoms with Crippen LogP contribution in [0.5, 0.6) is 0 Å². The molecule has 0 aliphatic carbocycles. The lowest BCUT2D eigenvalue weighted by Gasteiger charge is -2.34. The van der Waals surface area contributed by atoms with Gasteiger partial charge >= 0.3 is 0 Å². The molecule has 0 aromatic carbocycles. The Kier molecular flexibility index (Phi) is 6.35. The van der Waals surface area contributed by atoms with Crippen LogP contribution in [0.15, 0.2) is 12.3 Å². The first-order valence-corrected chi connectivity index (χ1v) is 9.05. The zero-order chi connectivity index (χ0) is 18.4. The molecule has 9 nitrogen and oxygen atoms in total. The van der Waals surface area contributed by atoms with Crippen LogP contribution in [0.25, 0.3) is 0 Å². The van der Waals surface area contributed by atoms with Gasteiger partial charge in [0.25, 0.3) is 5.91 Å². The molecule has 2 saturated heterocycles. The summed E-state index contributed by atoms with van der Waals surface area (Å²) in [4.78, 5) is 38.5. The Hall–Kier alpha value is -2.26. The number of piperazine rings is 1. The van der Waals surface area contributed by atoms with Crippen molar-refractivity contribution in [1.29, 1.82) is 0 Å². The number of anilines is 1. The van der Waals surface area contributed by atoms with Crippen molar-refractivity contribution in [3.8, 4) is 0 Å². The molecular formula is C17H26N6O3. The number of aromatic nitrogens is 2. The van der Waals surface area contributed by atoms with E-state index in [2.05, 4.69) is 20.2 Å². The molecular weight excluding hydrogens is 336 g/mol. The molecule has 3 rings (SSSR count). The molecule has 1 aromatic rings. The van der Waals surface area contributed by atoms with Crippen LogP contribution in [0, 0.1) is 0 Å². The van der Waals surface area contributed by atoms with Crippen molar-refractivity contribution in [3.63, 3.8) is 0 Å². The lowest BCUT2D eigenvalue weighted by molar-refractivity contribution is -0.129. The van der Waals surface area contributed by atoms with Gasteiger partial charge in [0.05, 0.1) is 13.2 Å². The Bertz CT molecular complexity index is 627. The molecule has 0 bridgehead atoms. The first-order valence-electron chi connectivity index (χ1n) is 9.05. The molecule has 26 heavy (non-hydrogen) atoms. The fourth-order valence-corrected chi connectivity index (χ4v) is 3.09. The average molecular weight is 362 g/mol. The van der Waals surface area contributed by atoms with E-state index >= 15 is 0 Å². The van der Waals surface area contributed by atoms with Crippen LogP contribution in [0.1, 0.15) is 17.4 Å². The molecule has 0 radical (unpaired) electrons. The standard InChI is InChI=1S/C17H26N6O3/c1-14(24)22-6-8-23(9-7-22)17-19-3-2-15(20-17)16(25)18-4-5-21-10-12-26-13-11-21/h2-3H,4-13H2,1H3,(H,18,25). The van der Waals surface area contributed by atoms with E-state index < -0.39 is 0 Å².